The Kier molecular flexibility index (Phi) is 2.82. The molecule has 1 N–H and O–H groups in total. The lowest BCUT2D eigenvalue weighted by atomic mass is 10.1. The minimum atomic E-state index is -0.535. The van der Waals surface area contributed by atoms with Crippen molar-refractivity contribution >= 4 is 5.78 Å². The SMILES string of the molecule is C/C=C(C)/C=C1/C(=O)CCC1O. The molecule has 0 aromatic rings. The highest BCUT2D eigenvalue weighted by atomic mass is 16.3. The summed E-state index contributed by atoms with van der Waals surface area (Å²) in [6.07, 6.45) is 4.24. The number of allylic oxidation sites excluding steroid dienone is 3. The molecule has 0 spiro atoms. The lowest BCUT2D eigenvalue weighted by Crippen LogP contribution is -2.05. The zero-order valence-electron chi connectivity index (χ0n) is 7.50. The largest absolute Gasteiger partial charge is 0.388 e. The maximum Gasteiger partial charge on any atom is 0.161 e. The summed E-state index contributed by atoms with van der Waals surface area (Å²) in [6, 6.07) is 0. The summed E-state index contributed by atoms with van der Waals surface area (Å²) in [4.78, 5) is 11.2. The van der Waals surface area contributed by atoms with Gasteiger partial charge in [-0.2, -0.15) is 0 Å². The molecule has 0 aromatic heterocycles. The van der Waals surface area contributed by atoms with Gasteiger partial charge in [-0.3, -0.25) is 4.79 Å². The monoisotopic (exact) mass is 166 g/mol. The molecule has 0 radical (unpaired) electrons. The van der Waals surface area contributed by atoms with E-state index in [1.54, 1.807) is 6.08 Å². The number of Topliss-reactive ketones (excluding diaryl/α,β-unsaturated/α-hetero) is 1. The molecular formula is C10H14O2. The Morgan fingerprint density at radius 3 is 2.75 bits per heavy atom. The van der Waals surface area contributed by atoms with Crippen molar-refractivity contribution in [2.24, 2.45) is 0 Å². The van der Waals surface area contributed by atoms with Crippen molar-refractivity contribution in [1.29, 1.82) is 0 Å². The summed E-state index contributed by atoms with van der Waals surface area (Å²) in [5.74, 6) is 0.0868. The molecule has 1 rings (SSSR count). The molecule has 1 saturated carbocycles. The van der Waals surface area contributed by atoms with E-state index >= 15 is 0 Å². The van der Waals surface area contributed by atoms with E-state index in [1.165, 1.54) is 0 Å². The van der Waals surface area contributed by atoms with E-state index in [4.69, 9.17) is 0 Å². The highest BCUT2D eigenvalue weighted by molar-refractivity contribution is 5.99. The van der Waals surface area contributed by atoms with Crippen LogP contribution in [0.3, 0.4) is 0 Å². The third-order valence-electron chi connectivity index (χ3n) is 2.16. The van der Waals surface area contributed by atoms with E-state index in [-0.39, 0.29) is 5.78 Å². The second-order valence-electron chi connectivity index (χ2n) is 3.11. The van der Waals surface area contributed by atoms with Gasteiger partial charge in [0.2, 0.25) is 0 Å². The van der Waals surface area contributed by atoms with E-state index in [2.05, 4.69) is 0 Å². The molecule has 0 heterocycles. The topological polar surface area (TPSA) is 37.3 Å². The van der Waals surface area contributed by atoms with Crippen molar-refractivity contribution in [2.75, 3.05) is 0 Å². The molecule has 12 heavy (non-hydrogen) atoms. The van der Waals surface area contributed by atoms with Crippen molar-refractivity contribution in [2.45, 2.75) is 32.8 Å². The average Bonchev–Trinajstić information content (AvgIpc) is 2.35. The van der Waals surface area contributed by atoms with E-state index < -0.39 is 6.10 Å². The predicted octanol–water partition coefficient (Wildman–Crippen LogP) is 1.60. The van der Waals surface area contributed by atoms with Gasteiger partial charge in [0.25, 0.3) is 0 Å². The maximum atomic E-state index is 11.2. The fourth-order valence-corrected chi connectivity index (χ4v) is 1.26. The summed E-state index contributed by atoms with van der Waals surface area (Å²) in [5.41, 5.74) is 1.60. The smallest absolute Gasteiger partial charge is 0.161 e. The lowest BCUT2D eigenvalue weighted by Gasteiger charge is -2.01. The molecule has 0 bridgehead atoms. The Morgan fingerprint density at radius 2 is 2.33 bits per heavy atom. The van der Waals surface area contributed by atoms with Crippen LogP contribution >= 0.6 is 0 Å². The van der Waals surface area contributed by atoms with Crippen LogP contribution in [0.4, 0.5) is 0 Å². The number of aliphatic hydroxyl groups excluding tert-OH is 1. The number of rotatable bonds is 1. The minimum Gasteiger partial charge on any atom is -0.388 e. The fourth-order valence-electron chi connectivity index (χ4n) is 1.26. The molecule has 1 fully saturated rings. The predicted molar refractivity (Wildman–Crippen MR) is 47.8 cm³/mol. The first-order chi connectivity index (χ1) is 5.65. The summed E-state index contributed by atoms with van der Waals surface area (Å²) < 4.78 is 0. The first kappa shape index (κ1) is 9.20. The number of carbonyl (C=O) groups excluding carboxylic acids is 1. The molecule has 2 nitrogen and oxygen atoms in total. The Morgan fingerprint density at radius 1 is 1.67 bits per heavy atom. The molecule has 1 unspecified atom stereocenters. The van der Waals surface area contributed by atoms with Gasteiger partial charge >= 0.3 is 0 Å². The molecule has 0 aliphatic heterocycles. The average molecular weight is 166 g/mol. The number of hydrogen-bond acceptors (Lipinski definition) is 2. The van der Waals surface area contributed by atoms with E-state index in [1.807, 2.05) is 19.9 Å². The zero-order valence-corrected chi connectivity index (χ0v) is 7.50. The highest BCUT2D eigenvalue weighted by Crippen LogP contribution is 2.22. The Balaban J connectivity index is 2.85. The van der Waals surface area contributed by atoms with Crippen LogP contribution in [0, 0.1) is 0 Å². The van der Waals surface area contributed by atoms with Gasteiger partial charge in [-0.05, 0) is 20.3 Å². The third-order valence-corrected chi connectivity index (χ3v) is 2.16. The molecule has 2 heteroatoms. The second-order valence-corrected chi connectivity index (χ2v) is 3.11. The van der Waals surface area contributed by atoms with Gasteiger partial charge in [-0.1, -0.05) is 17.7 Å². The van der Waals surface area contributed by atoms with Gasteiger partial charge in [-0.25, -0.2) is 0 Å². The maximum absolute atomic E-state index is 11.2. The van der Waals surface area contributed by atoms with Crippen molar-refractivity contribution in [3.8, 4) is 0 Å². The second kappa shape index (κ2) is 3.68. The van der Waals surface area contributed by atoms with Crippen LogP contribution < -0.4 is 0 Å². The van der Waals surface area contributed by atoms with E-state index in [9.17, 15) is 9.90 Å². The summed E-state index contributed by atoms with van der Waals surface area (Å²) in [6.45, 7) is 3.84. The fraction of sp³-hybridized carbons (Fsp3) is 0.500. The number of aliphatic hydroxyl groups is 1. The first-order valence-electron chi connectivity index (χ1n) is 4.21. The van der Waals surface area contributed by atoms with Crippen LogP contribution in [0.25, 0.3) is 0 Å². The van der Waals surface area contributed by atoms with Crippen LogP contribution in [-0.2, 0) is 4.79 Å². The number of carbonyl (C=O) groups is 1. The van der Waals surface area contributed by atoms with Crippen LogP contribution in [-0.4, -0.2) is 17.0 Å². The van der Waals surface area contributed by atoms with Crippen LogP contribution in [0.2, 0.25) is 0 Å². The van der Waals surface area contributed by atoms with Crippen molar-refractivity contribution in [1.82, 2.24) is 0 Å². The molecule has 0 saturated heterocycles. The van der Waals surface area contributed by atoms with Gasteiger partial charge in [0.1, 0.15) is 0 Å². The molecule has 1 atom stereocenters. The van der Waals surface area contributed by atoms with Crippen LogP contribution in [0.1, 0.15) is 26.7 Å². The van der Waals surface area contributed by atoms with Crippen LogP contribution in [0.5, 0.6) is 0 Å². The molecule has 1 aliphatic rings. The highest BCUT2D eigenvalue weighted by Gasteiger charge is 2.25. The lowest BCUT2D eigenvalue weighted by molar-refractivity contribution is -0.114. The Hall–Kier alpha value is -0.890. The van der Waals surface area contributed by atoms with E-state index in [0.717, 1.165) is 5.57 Å². The van der Waals surface area contributed by atoms with Crippen molar-refractivity contribution in [3.05, 3.63) is 23.3 Å². The molecule has 1 aliphatic carbocycles. The van der Waals surface area contributed by atoms with Crippen molar-refractivity contribution < 1.29 is 9.90 Å². The van der Waals surface area contributed by atoms with E-state index in [0.29, 0.717) is 18.4 Å². The summed E-state index contributed by atoms with van der Waals surface area (Å²) in [7, 11) is 0. The molecule has 66 valence electrons. The zero-order chi connectivity index (χ0) is 9.14. The normalized spacial score (nSPS) is 28.6. The standard InChI is InChI=1S/C10H14O2/c1-3-7(2)6-8-9(11)4-5-10(8)12/h3,6,9,11H,4-5H2,1-2H3/b7-3+,8-6+. The van der Waals surface area contributed by atoms with Gasteiger partial charge in [-0.15, -0.1) is 0 Å². The minimum absolute atomic E-state index is 0.0868. The molecule has 0 amide bonds. The first-order valence-corrected chi connectivity index (χ1v) is 4.21. The third kappa shape index (κ3) is 1.83. The summed E-state index contributed by atoms with van der Waals surface area (Å²) >= 11 is 0. The van der Waals surface area contributed by atoms with Crippen molar-refractivity contribution in [3.63, 3.8) is 0 Å². The van der Waals surface area contributed by atoms with Gasteiger partial charge in [0.05, 0.1) is 6.10 Å². The van der Waals surface area contributed by atoms with Gasteiger partial charge in [0, 0.05) is 12.0 Å². The molecule has 0 aromatic carbocycles. The molecular weight excluding hydrogens is 152 g/mol. The number of hydrogen-bond donors (Lipinski definition) is 1. The van der Waals surface area contributed by atoms with Gasteiger partial charge in [0.15, 0.2) is 5.78 Å². The Bertz CT molecular complexity index is 249. The van der Waals surface area contributed by atoms with Gasteiger partial charge < -0.3 is 5.11 Å². The Labute approximate surface area is 72.6 Å². The van der Waals surface area contributed by atoms with Crippen LogP contribution in [0.15, 0.2) is 23.3 Å². The number of ketones is 1. The summed E-state index contributed by atoms with van der Waals surface area (Å²) in [5, 5.41) is 9.39. The quantitative estimate of drug-likeness (QED) is 0.601.